The van der Waals surface area contributed by atoms with Gasteiger partial charge >= 0.3 is 0 Å². The van der Waals surface area contributed by atoms with Crippen molar-refractivity contribution in [3.8, 4) is 5.75 Å². The third-order valence-electron chi connectivity index (χ3n) is 4.20. The molecular formula is C19H34IN3O4S. The lowest BCUT2D eigenvalue weighted by Gasteiger charge is -2.24. The molecule has 7 nitrogen and oxygen atoms in total. The number of benzene rings is 1. The van der Waals surface area contributed by atoms with E-state index in [1.807, 2.05) is 32.0 Å². The van der Waals surface area contributed by atoms with Gasteiger partial charge in [-0.2, -0.15) is 0 Å². The number of aliphatic imine (C=N–C) groups is 1. The first-order valence-electron chi connectivity index (χ1n) is 9.03. The first-order valence-corrected chi connectivity index (χ1v) is 10.9. The number of hydrogen-bond acceptors (Lipinski definition) is 5. The molecule has 9 heteroatoms. The first kappa shape index (κ1) is 26.9. The van der Waals surface area contributed by atoms with Crippen molar-refractivity contribution in [1.29, 1.82) is 0 Å². The molecule has 2 N–H and O–H groups in total. The molecule has 0 aliphatic carbocycles. The van der Waals surface area contributed by atoms with E-state index in [1.54, 1.807) is 21.0 Å². The zero-order valence-corrected chi connectivity index (χ0v) is 20.8. The summed E-state index contributed by atoms with van der Waals surface area (Å²) in [6, 6.07) is 5.99. The monoisotopic (exact) mass is 527 g/mol. The number of rotatable bonds is 10. The van der Waals surface area contributed by atoms with E-state index < -0.39 is 14.6 Å². The number of guanidine groups is 1. The van der Waals surface area contributed by atoms with E-state index in [9.17, 15) is 8.42 Å². The van der Waals surface area contributed by atoms with Gasteiger partial charge in [-0.3, -0.25) is 0 Å². The molecule has 0 radical (unpaired) electrons. The quantitative estimate of drug-likeness (QED) is 0.211. The minimum Gasteiger partial charge on any atom is -0.491 e. The van der Waals surface area contributed by atoms with Gasteiger partial charge in [0.2, 0.25) is 0 Å². The van der Waals surface area contributed by atoms with Crippen LogP contribution in [0.3, 0.4) is 0 Å². The van der Waals surface area contributed by atoms with Crippen molar-refractivity contribution in [2.24, 2.45) is 4.99 Å². The molecule has 1 aromatic rings. The van der Waals surface area contributed by atoms with Gasteiger partial charge in [0, 0.05) is 32.0 Å². The van der Waals surface area contributed by atoms with Crippen LogP contribution in [0.2, 0.25) is 0 Å². The molecule has 0 aliphatic heterocycles. The zero-order valence-electron chi connectivity index (χ0n) is 17.7. The van der Waals surface area contributed by atoms with Crippen LogP contribution in [0.25, 0.3) is 0 Å². The number of hydrogen-bond donors (Lipinski definition) is 2. The Balaban J connectivity index is 0.00000729. The predicted molar refractivity (Wildman–Crippen MR) is 126 cm³/mol. The van der Waals surface area contributed by atoms with Crippen LogP contribution in [-0.4, -0.2) is 58.8 Å². The second kappa shape index (κ2) is 12.5. The van der Waals surface area contributed by atoms with Crippen molar-refractivity contribution < 1.29 is 17.9 Å². The molecule has 0 heterocycles. The second-order valence-corrected chi connectivity index (χ2v) is 9.68. The Morgan fingerprint density at radius 2 is 1.89 bits per heavy atom. The Labute approximate surface area is 186 Å². The first-order chi connectivity index (χ1) is 12.6. The van der Waals surface area contributed by atoms with E-state index in [1.165, 1.54) is 6.26 Å². The lowest BCUT2D eigenvalue weighted by molar-refractivity contribution is 0.145. The van der Waals surface area contributed by atoms with Crippen molar-refractivity contribution in [2.45, 2.75) is 39.0 Å². The molecule has 1 rings (SSSR count). The van der Waals surface area contributed by atoms with Gasteiger partial charge < -0.3 is 20.1 Å². The van der Waals surface area contributed by atoms with Gasteiger partial charge in [-0.15, -0.1) is 24.0 Å². The number of halogens is 1. The standard InChI is InChI=1S/C19H33N3O4S.HI/c1-7-20-18(22-14-19(3,4)27(6,23)24)21-13-16-9-8-15(2)12-17(16)26-11-10-25-5;/h8-9,12H,7,10-11,13-14H2,1-6H3,(H2,20,21,22);1H. The summed E-state index contributed by atoms with van der Waals surface area (Å²) >= 11 is 0. The molecule has 0 aliphatic rings. The highest BCUT2D eigenvalue weighted by Gasteiger charge is 2.30. The number of ether oxygens (including phenoxy) is 2. The van der Waals surface area contributed by atoms with Gasteiger partial charge in [0.25, 0.3) is 0 Å². The third kappa shape index (κ3) is 8.95. The highest BCUT2D eigenvalue weighted by atomic mass is 127. The molecule has 0 atom stereocenters. The van der Waals surface area contributed by atoms with Crippen LogP contribution in [0.15, 0.2) is 23.2 Å². The maximum absolute atomic E-state index is 11.9. The molecule has 0 bridgehead atoms. The van der Waals surface area contributed by atoms with Crippen molar-refractivity contribution in [2.75, 3.05) is 39.7 Å². The summed E-state index contributed by atoms with van der Waals surface area (Å²) in [5, 5.41) is 6.26. The number of nitrogens with one attached hydrogen (secondary N) is 2. The minimum absolute atomic E-state index is 0. The largest absolute Gasteiger partial charge is 0.491 e. The van der Waals surface area contributed by atoms with Gasteiger partial charge in [0.1, 0.15) is 12.4 Å². The fourth-order valence-corrected chi connectivity index (χ4v) is 2.43. The van der Waals surface area contributed by atoms with Crippen LogP contribution in [-0.2, 0) is 21.1 Å². The Morgan fingerprint density at radius 1 is 1.21 bits per heavy atom. The molecule has 0 spiro atoms. The topological polar surface area (TPSA) is 89.0 Å². The molecule has 0 saturated heterocycles. The van der Waals surface area contributed by atoms with E-state index in [0.29, 0.717) is 32.3 Å². The second-order valence-electron chi connectivity index (χ2n) is 7.03. The third-order valence-corrected chi connectivity index (χ3v) is 6.36. The van der Waals surface area contributed by atoms with Crippen molar-refractivity contribution in [1.82, 2.24) is 10.6 Å². The lowest BCUT2D eigenvalue weighted by Crippen LogP contribution is -2.47. The highest BCUT2D eigenvalue weighted by Crippen LogP contribution is 2.21. The molecular weight excluding hydrogens is 493 g/mol. The SMILES string of the molecule is CCNC(=NCc1ccc(C)cc1OCCOC)NCC(C)(C)S(C)(=O)=O.I. The lowest BCUT2D eigenvalue weighted by atomic mass is 10.1. The Hall–Kier alpha value is -1.07. The van der Waals surface area contributed by atoms with Crippen molar-refractivity contribution in [3.05, 3.63) is 29.3 Å². The van der Waals surface area contributed by atoms with Gasteiger partial charge in [-0.1, -0.05) is 12.1 Å². The van der Waals surface area contributed by atoms with Crippen molar-refractivity contribution >= 4 is 39.8 Å². The number of methoxy groups -OCH3 is 1. The number of aryl methyl sites for hydroxylation is 1. The summed E-state index contributed by atoms with van der Waals surface area (Å²) in [5.41, 5.74) is 2.06. The normalized spacial score (nSPS) is 12.3. The average molecular weight is 527 g/mol. The zero-order chi connectivity index (χ0) is 20.5. The molecule has 0 amide bonds. The Morgan fingerprint density at radius 3 is 2.46 bits per heavy atom. The van der Waals surface area contributed by atoms with Crippen LogP contribution in [0.1, 0.15) is 31.9 Å². The average Bonchev–Trinajstić information content (AvgIpc) is 2.58. The Bertz CT molecular complexity index is 737. The van der Waals surface area contributed by atoms with Gasteiger partial charge in [-0.05, 0) is 39.3 Å². The van der Waals surface area contributed by atoms with E-state index in [2.05, 4.69) is 15.6 Å². The smallest absolute Gasteiger partial charge is 0.191 e. The van der Waals surface area contributed by atoms with E-state index in [-0.39, 0.29) is 30.5 Å². The molecule has 0 saturated carbocycles. The van der Waals surface area contributed by atoms with Crippen LogP contribution < -0.4 is 15.4 Å². The summed E-state index contributed by atoms with van der Waals surface area (Å²) in [7, 11) is -1.55. The summed E-state index contributed by atoms with van der Waals surface area (Å²) < 4.78 is 33.7. The summed E-state index contributed by atoms with van der Waals surface area (Å²) in [6.07, 6.45) is 1.24. The van der Waals surface area contributed by atoms with Crippen LogP contribution >= 0.6 is 24.0 Å². The van der Waals surface area contributed by atoms with Gasteiger partial charge in [0.15, 0.2) is 15.8 Å². The van der Waals surface area contributed by atoms with Crippen molar-refractivity contribution in [3.63, 3.8) is 0 Å². The Kier molecular flexibility index (Phi) is 12.0. The summed E-state index contributed by atoms with van der Waals surface area (Å²) in [6.45, 7) is 9.70. The molecule has 0 aromatic heterocycles. The molecule has 162 valence electrons. The summed E-state index contributed by atoms with van der Waals surface area (Å²) in [4.78, 5) is 4.58. The highest BCUT2D eigenvalue weighted by molar-refractivity contribution is 14.0. The number of sulfone groups is 1. The van der Waals surface area contributed by atoms with E-state index in [4.69, 9.17) is 9.47 Å². The molecule has 0 fully saturated rings. The molecule has 28 heavy (non-hydrogen) atoms. The number of nitrogens with zero attached hydrogens (tertiary/aromatic N) is 1. The van der Waals surface area contributed by atoms with Crippen LogP contribution in [0.4, 0.5) is 0 Å². The van der Waals surface area contributed by atoms with E-state index >= 15 is 0 Å². The van der Waals surface area contributed by atoms with Crippen LogP contribution in [0.5, 0.6) is 5.75 Å². The fourth-order valence-electron chi connectivity index (χ4n) is 2.10. The molecule has 0 unspecified atom stereocenters. The molecule has 1 aromatic carbocycles. The van der Waals surface area contributed by atoms with Crippen LogP contribution in [0, 0.1) is 6.92 Å². The minimum atomic E-state index is -3.18. The maximum atomic E-state index is 11.9. The fraction of sp³-hybridized carbons (Fsp3) is 0.632. The van der Waals surface area contributed by atoms with Gasteiger partial charge in [0.05, 0.1) is 17.9 Å². The maximum Gasteiger partial charge on any atom is 0.191 e. The van der Waals surface area contributed by atoms with Gasteiger partial charge in [-0.25, -0.2) is 13.4 Å². The van der Waals surface area contributed by atoms with E-state index in [0.717, 1.165) is 16.9 Å². The predicted octanol–water partition coefficient (Wildman–Crippen LogP) is 2.52. The summed E-state index contributed by atoms with van der Waals surface area (Å²) in [5.74, 6) is 1.35.